The molecule has 298 valence electrons. The third-order valence-electron chi connectivity index (χ3n) is 12.9. The Kier molecular flexibility index (Phi) is 8.18. The molecule has 0 saturated carbocycles. The lowest BCUT2D eigenvalue weighted by Gasteiger charge is -2.11. The maximum atomic E-state index is 5.13. The molecule has 0 aliphatic carbocycles. The minimum atomic E-state index is 0.713. The van der Waals surface area contributed by atoms with E-state index in [2.05, 4.69) is 221 Å². The Labute approximate surface area is 369 Å². The standard InChI is InChI=1S/C60H38N4/c1-3-13-39(14-4-1)40-23-30-47(31-24-40)64-56-35-29-45(38-52(56)58-48-18-8-7-15-41(48)27-36-57(58)64)44-28-34-55-51(37-44)49-19-10-12-22-54(49)63(55)46-32-25-43(26-33-46)60-61-53-21-11-9-20-50(53)59(62-60)42-16-5-2-6-17-42/h1-38H. The number of fused-ring (bicyclic) bond motifs is 9. The average molecular weight is 815 g/mol. The summed E-state index contributed by atoms with van der Waals surface area (Å²) in [5.74, 6) is 0.713. The topological polar surface area (TPSA) is 35.6 Å². The van der Waals surface area contributed by atoms with Gasteiger partial charge in [-0.2, -0.15) is 0 Å². The van der Waals surface area contributed by atoms with Gasteiger partial charge in [0.25, 0.3) is 0 Å². The highest BCUT2D eigenvalue weighted by Crippen LogP contribution is 2.41. The summed E-state index contributed by atoms with van der Waals surface area (Å²) < 4.78 is 4.80. The molecule has 0 bridgehead atoms. The molecule has 64 heavy (non-hydrogen) atoms. The van der Waals surface area contributed by atoms with Gasteiger partial charge in [0, 0.05) is 49.4 Å². The SMILES string of the molecule is c1ccc(-c2ccc(-n3c4ccc(-c5ccc6c(c5)c5ccccc5n6-c5ccc(-c6nc(-c7ccccc7)c7ccccc7n6)cc5)cc4c4c5ccccc5ccc43)cc2)cc1. The van der Waals surface area contributed by atoms with Crippen molar-refractivity contribution in [2.24, 2.45) is 0 Å². The summed E-state index contributed by atoms with van der Waals surface area (Å²) in [5.41, 5.74) is 15.7. The van der Waals surface area contributed by atoms with Crippen LogP contribution in [0.1, 0.15) is 0 Å². The van der Waals surface area contributed by atoms with E-state index in [1.807, 2.05) is 18.2 Å². The summed E-state index contributed by atoms with van der Waals surface area (Å²) in [7, 11) is 0. The van der Waals surface area contributed by atoms with Crippen LogP contribution in [0, 0.1) is 0 Å². The summed E-state index contributed by atoms with van der Waals surface area (Å²) in [6, 6.07) is 82.8. The Morgan fingerprint density at radius 2 is 0.781 bits per heavy atom. The van der Waals surface area contributed by atoms with E-state index in [1.54, 1.807) is 0 Å². The first kappa shape index (κ1) is 36.1. The van der Waals surface area contributed by atoms with E-state index >= 15 is 0 Å². The van der Waals surface area contributed by atoms with Crippen molar-refractivity contribution in [1.82, 2.24) is 19.1 Å². The van der Waals surface area contributed by atoms with Crippen molar-refractivity contribution in [3.8, 4) is 56.3 Å². The fourth-order valence-corrected chi connectivity index (χ4v) is 9.89. The molecule has 0 aliphatic heterocycles. The second-order valence-electron chi connectivity index (χ2n) is 16.6. The van der Waals surface area contributed by atoms with Gasteiger partial charge >= 0.3 is 0 Å². The normalized spacial score (nSPS) is 11.8. The first-order valence-corrected chi connectivity index (χ1v) is 21.8. The minimum absolute atomic E-state index is 0.713. The lowest BCUT2D eigenvalue weighted by molar-refractivity contribution is 1.17. The molecule has 4 heteroatoms. The predicted molar refractivity (Wildman–Crippen MR) is 267 cm³/mol. The van der Waals surface area contributed by atoms with Crippen LogP contribution in [0.4, 0.5) is 0 Å². The van der Waals surface area contributed by atoms with E-state index in [9.17, 15) is 0 Å². The fourth-order valence-electron chi connectivity index (χ4n) is 9.89. The van der Waals surface area contributed by atoms with Crippen LogP contribution in [0.5, 0.6) is 0 Å². The monoisotopic (exact) mass is 814 g/mol. The van der Waals surface area contributed by atoms with Crippen LogP contribution in [0.3, 0.4) is 0 Å². The third kappa shape index (κ3) is 5.77. The summed E-state index contributed by atoms with van der Waals surface area (Å²) in [4.78, 5) is 10.2. The van der Waals surface area contributed by atoms with E-state index in [0.717, 1.165) is 44.6 Å². The maximum Gasteiger partial charge on any atom is 0.160 e. The Bertz CT molecular complexity index is 3920. The number of benzene rings is 10. The van der Waals surface area contributed by atoms with Crippen LogP contribution >= 0.6 is 0 Å². The smallest absolute Gasteiger partial charge is 0.160 e. The van der Waals surface area contributed by atoms with Crippen LogP contribution in [-0.4, -0.2) is 19.1 Å². The molecule has 0 unspecified atom stereocenters. The molecule has 3 aromatic heterocycles. The zero-order chi connectivity index (χ0) is 42.1. The van der Waals surface area contributed by atoms with Crippen molar-refractivity contribution in [3.05, 3.63) is 231 Å². The second kappa shape index (κ2) is 14.5. The van der Waals surface area contributed by atoms with Crippen LogP contribution in [0.2, 0.25) is 0 Å². The highest BCUT2D eigenvalue weighted by molar-refractivity contribution is 6.22. The molecule has 3 heterocycles. The van der Waals surface area contributed by atoms with E-state index in [0.29, 0.717) is 5.82 Å². The van der Waals surface area contributed by atoms with Crippen LogP contribution in [0.15, 0.2) is 231 Å². The molecule has 0 radical (unpaired) electrons. The number of aromatic nitrogens is 4. The van der Waals surface area contributed by atoms with Gasteiger partial charge in [0.15, 0.2) is 5.82 Å². The fraction of sp³-hybridized carbons (Fsp3) is 0. The summed E-state index contributed by atoms with van der Waals surface area (Å²) in [6.07, 6.45) is 0. The van der Waals surface area contributed by atoms with E-state index in [4.69, 9.17) is 9.97 Å². The molecule has 13 rings (SSSR count). The van der Waals surface area contributed by atoms with Crippen molar-refractivity contribution in [2.45, 2.75) is 0 Å². The molecule has 13 aromatic rings. The van der Waals surface area contributed by atoms with Crippen molar-refractivity contribution >= 4 is 65.3 Å². The van der Waals surface area contributed by atoms with Crippen LogP contribution < -0.4 is 0 Å². The Morgan fingerprint density at radius 3 is 1.52 bits per heavy atom. The van der Waals surface area contributed by atoms with Gasteiger partial charge in [0.1, 0.15) is 0 Å². The first-order chi connectivity index (χ1) is 31.7. The molecule has 10 aromatic carbocycles. The second-order valence-corrected chi connectivity index (χ2v) is 16.6. The molecular formula is C60H38N4. The largest absolute Gasteiger partial charge is 0.309 e. The van der Waals surface area contributed by atoms with Gasteiger partial charge in [-0.1, -0.05) is 152 Å². The van der Waals surface area contributed by atoms with E-state index < -0.39 is 0 Å². The van der Waals surface area contributed by atoms with Crippen molar-refractivity contribution in [1.29, 1.82) is 0 Å². The lowest BCUT2D eigenvalue weighted by Crippen LogP contribution is -1.97. The Balaban J connectivity index is 0.922. The summed E-state index contributed by atoms with van der Waals surface area (Å²) in [5, 5.41) is 8.49. The molecule has 0 atom stereocenters. The molecule has 0 amide bonds. The lowest BCUT2D eigenvalue weighted by atomic mass is 9.99. The van der Waals surface area contributed by atoms with Gasteiger partial charge in [-0.05, 0) is 112 Å². The first-order valence-electron chi connectivity index (χ1n) is 21.8. The molecule has 0 fully saturated rings. The number of hydrogen-bond donors (Lipinski definition) is 0. The van der Waals surface area contributed by atoms with Gasteiger partial charge < -0.3 is 9.13 Å². The number of hydrogen-bond acceptors (Lipinski definition) is 2. The number of rotatable bonds is 6. The number of nitrogens with zero attached hydrogens (tertiary/aromatic N) is 4. The molecule has 0 N–H and O–H groups in total. The van der Waals surface area contributed by atoms with E-state index in [1.165, 1.54) is 71.1 Å². The highest BCUT2D eigenvalue weighted by Gasteiger charge is 2.19. The van der Waals surface area contributed by atoms with Gasteiger partial charge in [0.2, 0.25) is 0 Å². The Morgan fingerprint density at radius 1 is 0.281 bits per heavy atom. The summed E-state index contributed by atoms with van der Waals surface area (Å²) >= 11 is 0. The average Bonchev–Trinajstić information content (AvgIpc) is 3.89. The van der Waals surface area contributed by atoms with Crippen molar-refractivity contribution < 1.29 is 0 Å². The summed E-state index contributed by atoms with van der Waals surface area (Å²) in [6.45, 7) is 0. The number of para-hydroxylation sites is 2. The van der Waals surface area contributed by atoms with Gasteiger partial charge in [-0.3, -0.25) is 0 Å². The zero-order valence-electron chi connectivity index (χ0n) is 34.7. The van der Waals surface area contributed by atoms with E-state index in [-0.39, 0.29) is 0 Å². The highest BCUT2D eigenvalue weighted by atomic mass is 15.0. The Hall–Kier alpha value is -8.60. The molecule has 0 saturated heterocycles. The predicted octanol–water partition coefficient (Wildman–Crippen LogP) is 15.6. The molecule has 0 spiro atoms. The van der Waals surface area contributed by atoms with Gasteiger partial charge in [0.05, 0.1) is 33.3 Å². The molecule has 4 nitrogen and oxygen atoms in total. The van der Waals surface area contributed by atoms with Crippen LogP contribution in [0.25, 0.3) is 122 Å². The molecular weight excluding hydrogens is 777 g/mol. The van der Waals surface area contributed by atoms with Crippen LogP contribution in [-0.2, 0) is 0 Å². The van der Waals surface area contributed by atoms with Crippen molar-refractivity contribution in [3.63, 3.8) is 0 Å². The minimum Gasteiger partial charge on any atom is -0.309 e. The zero-order valence-corrected chi connectivity index (χ0v) is 34.7. The quantitative estimate of drug-likeness (QED) is 0.168. The maximum absolute atomic E-state index is 5.13. The third-order valence-corrected chi connectivity index (χ3v) is 12.9. The van der Waals surface area contributed by atoms with Gasteiger partial charge in [-0.15, -0.1) is 0 Å². The van der Waals surface area contributed by atoms with Gasteiger partial charge in [-0.25, -0.2) is 9.97 Å². The van der Waals surface area contributed by atoms with Crippen molar-refractivity contribution in [2.75, 3.05) is 0 Å². The molecule has 0 aliphatic rings.